The second-order valence-electron chi connectivity index (χ2n) is 3.27. The van der Waals surface area contributed by atoms with Crippen molar-refractivity contribution in [1.29, 1.82) is 0 Å². The number of ketones is 1. The Morgan fingerprint density at radius 3 is 2.78 bits per heavy atom. The number of carbonyl (C=O) groups is 1. The Morgan fingerprint density at radius 2 is 2.17 bits per heavy atom. The molecule has 4 nitrogen and oxygen atoms in total. The lowest BCUT2D eigenvalue weighted by Crippen LogP contribution is -2.22. The summed E-state index contributed by atoms with van der Waals surface area (Å²) in [7, 11) is 0. The normalized spacial score (nSPS) is 11.3. The maximum atomic E-state index is 12.2. The van der Waals surface area contributed by atoms with Crippen LogP contribution in [0.2, 0.25) is 0 Å². The van der Waals surface area contributed by atoms with Gasteiger partial charge in [-0.15, -0.1) is 0 Å². The topological polar surface area (TPSA) is 65.8 Å². The van der Waals surface area contributed by atoms with E-state index in [-0.39, 0.29) is 6.54 Å². The van der Waals surface area contributed by atoms with E-state index in [1.807, 2.05) is 0 Å². The number of halogens is 3. The second-order valence-corrected chi connectivity index (χ2v) is 3.27. The van der Waals surface area contributed by atoms with Crippen LogP contribution < -0.4 is 0 Å². The van der Waals surface area contributed by atoms with Gasteiger partial charge in [0.1, 0.15) is 0 Å². The van der Waals surface area contributed by atoms with Crippen LogP contribution in [0, 0.1) is 0 Å². The average molecular weight is 255 g/mol. The second kappa shape index (κ2) is 5.88. The summed E-state index contributed by atoms with van der Waals surface area (Å²) in [5.41, 5.74) is 8.03. The fourth-order valence-corrected chi connectivity index (χ4v) is 1.22. The van der Waals surface area contributed by atoms with Gasteiger partial charge in [0.15, 0.2) is 0 Å². The Kier molecular flexibility index (Phi) is 4.51. The highest BCUT2D eigenvalue weighted by atomic mass is 19.4. The number of hydrogen-bond donors (Lipinski definition) is 0. The van der Waals surface area contributed by atoms with Gasteiger partial charge in [-0.05, 0) is 17.2 Å². The molecule has 0 aliphatic rings. The Hall–Kier alpha value is -2.27. The quantitative estimate of drug-likeness (QED) is 0.349. The van der Waals surface area contributed by atoms with Gasteiger partial charge in [-0.25, -0.2) is 0 Å². The molecule has 18 heavy (non-hydrogen) atoms. The molecule has 0 fully saturated rings. The summed E-state index contributed by atoms with van der Waals surface area (Å²) in [6, 6.07) is 5.12. The zero-order valence-corrected chi connectivity index (χ0v) is 9.05. The molecular weight excluding hydrogens is 247 g/mol. The van der Waals surface area contributed by atoms with Crippen molar-refractivity contribution in [2.45, 2.75) is 6.18 Å². The molecule has 0 radical (unpaired) electrons. The third kappa shape index (κ3) is 3.95. The van der Waals surface area contributed by atoms with Gasteiger partial charge >= 0.3 is 6.18 Å². The third-order valence-corrected chi connectivity index (χ3v) is 1.97. The summed E-state index contributed by atoms with van der Waals surface area (Å²) < 4.78 is 36.6. The molecule has 0 heterocycles. The lowest BCUT2D eigenvalue weighted by molar-refractivity contribution is -0.0885. The number of nitrogens with zero attached hydrogens (tertiary/aromatic N) is 3. The first-order valence-electron chi connectivity index (χ1n) is 4.84. The van der Waals surface area contributed by atoms with Crippen LogP contribution in [-0.4, -0.2) is 18.5 Å². The minimum Gasteiger partial charge on any atom is -0.284 e. The Bertz CT molecular complexity index is 517. The highest BCUT2D eigenvalue weighted by molar-refractivity contribution is 6.00. The number of Topliss-reactive ketones (excluding diaryl/α,β-unsaturated/α-hetero) is 1. The molecule has 7 heteroatoms. The van der Waals surface area contributed by atoms with Crippen LogP contribution >= 0.6 is 0 Å². The van der Waals surface area contributed by atoms with E-state index < -0.39 is 17.5 Å². The zero-order chi connectivity index (χ0) is 13.6. The van der Waals surface area contributed by atoms with Crippen LogP contribution in [0.15, 0.2) is 35.5 Å². The van der Waals surface area contributed by atoms with Gasteiger partial charge in [0.25, 0.3) is 5.78 Å². The van der Waals surface area contributed by atoms with Gasteiger partial charge in [-0.2, -0.15) is 13.2 Å². The molecule has 1 aromatic carbocycles. The van der Waals surface area contributed by atoms with Crippen LogP contribution in [-0.2, 0) is 0 Å². The number of carbonyl (C=O) groups excluding carboxylic acids is 1. The molecule has 0 bridgehead atoms. The number of alkyl halides is 3. The van der Waals surface area contributed by atoms with E-state index in [1.165, 1.54) is 18.2 Å². The predicted octanol–water partition coefficient (Wildman–Crippen LogP) is 3.76. The van der Waals surface area contributed by atoms with Gasteiger partial charge in [0.05, 0.1) is 0 Å². The maximum Gasteiger partial charge on any atom is 0.454 e. The molecule has 1 aromatic rings. The van der Waals surface area contributed by atoms with Crippen LogP contribution in [0.1, 0.15) is 15.9 Å². The van der Waals surface area contributed by atoms with Crippen molar-refractivity contribution in [3.8, 4) is 0 Å². The van der Waals surface area contributed by atoms with E-state index in [4.69, 9.17) is 5.53 Å². The van der Waals surface area contributed by atoms with Crippen LogP contribution in [0.4, 0.5) is 13.2 Å². The molecule has 94 valence electrons. The van der Waals surface area contributed by atoms with Crippen molar-refractivity contribution in [2.24, 2.45) is 5.11 Å². The summed E-state index contributed by atoms with van der Waals surface area (Å²) in [5.74, 6) is -1.88. The maximum absolute atomic E-state index is 12.2. The lowest BCUT2D eigenvalue weighted by atomic mass is 10.1. The molecule has 0 saturated heterocycles. The average Bonchev–Trinajstić information content (AvgIpc) is 2.33. The molecule has 0 aliphatic heterocycles. The molecule has 0 N–H and O–H groups in total. The molecule has 0 atom stereocenters. The summed E-state index contributed by atoms with van der Waals surface area (Å²) >= 11 is 0. The standard InChI is InChI=1S/C11H8F3N3O/c12-11(13,14)10(18)9-5-1-3-8(7-9)4-2-6-16-17-15/h1-5,7H,6H2. The van der Waals surface area contributed by atoms with Crippen LogP contribution in [0.3, 0.4) is 0 Å². The van der Waals surface area contributed by atoms with E-state index in [2.05, 4.69) is 10.0 Å². The predicted molar refractivity (Wildman–Crippen MR) is 59.9 cm³/mol. The van der Waals surface area contributed by atoms with Gasteiger partial charge in [-0.1, -0.05) is 35.5 Å². The molecule has 0 spiro atoms. The minimum absolute atomic E-state index is 0.0912. The summed E-state index contributed by atoms with van der Waals surface area (Å²) in [6.45, 7) is 0.0912. The zero-order valence-electron chi connectivity index (χ0n) is 9.05. The molecular formula is C11H8F3N3O. The van der Waals surface area contributed by atoms with E-state index >= 15 is 0 Å². The Labute approximate surface area is 100 Å². The van der Waals surface area contributed by atoms with Crippen molar-refractivity contribution in [3.63, 3.8) is 0 Å². The SMILES string of the molecule is [N-]=[N+]=NCC=Cc1cccc(C(=O)C(F)(F)F)c1. The third-order valence-electron chi connectivity index (χ3n) is 1.97. The van der Waals surface area contributed by atoms with E-state index in [0.29, 0.717) is 5.56 Å². The smallest absolute Gasteiger partial charge is 0.284 e. The first kappa shape index (κ1) is 13.8. The number of hydrogen-bond acceptors (Lipinski definition) is 2. The van der Waals surface area contributed by atoms with Gasteiger partial charge in [0, 0.05) is 17.0 Å². The summed E-state index contributed by atoms with van der Waals surface area (Å²) in [5, 5.41) is 3.23. The molecule has 0 saturated carbocycles. The van der Waals surface area contributed by atoms with E-state index in [1.54, 1.807) is 6.07 Å². The Balaban J connectivity index is 2.89. The molecule has 0 aromatic heterocycles. The van der Waals surface area contributed by atoms with E-state index in [0.717, 1.165) is 12.1 Å². The molecule has 0 aliphatic carbocycles. The Morgan fingerprint density at radius 1 is 1.44 bits per heavy atom. The van der Waals surface area contributed by atoms with E-state index in [9.17, 15) is 18.0 Å². The van der Waals surface area contributed by atoms with Crippen LogP contribution in [0.25, 0.3) is 16.5 Å². The first-order chi connectivity index (χ1) is 8.45. The van der Waals surface area contributed by atoms with Crippen LogP contribution in [0.5, 0.6) is 0 Å². The lowest BCUT2D eigenvalue weighted by Gasteiger charge is -2.05. The van der Waals surface area contributed by atoms with Gasteiger partial charge in [0.2, 0.25) is 0 Å². The molecule has 0 amide bonds. The summed E-state index contributed by atoms with van der Waals surface area (Å²) in [4.78, 5) is 13.5. The van der Waals surface area contributed by atoms with Crippen molar-refractivity contribution in [2.75, 3.05) is 6.54 Å². The largest absolute Gasteiger partial charge is 0.454 e. The first-order valence-corrected chi connectivity index (χ1v) is 4.84. The van der Waals surface area contributed by atoms with Crippen molar-refractivity contribution >= 4 is 11.9 Å². The fourth-order valence-electron chi connectivity index (χ4n) is 1.22. The fraction of sp³-hybridized carbons (Fsp3) is 0.182. The van der Waals surface area contributed by atoms with Gasteiger partial charge < -0.3 is 0 Å². The van der Waals surface area contributed by atoms with Crippen molar-refractivity contribution in [3.05, 3.63) is 51.9 Å². The highest BCUT2D eigenvalue weighted by Crippen LogP contribution is 2.22. The number of rotatable bonds is 4. The van der Waals surface area contributed by atoms with Crippen molar-refractivity contribution in [1.82, 2.24) is 0 Å². The minimum atomic E-state index is -4.88. The highest BCUT2D eigenvalue weighted by Gasteiger charge is 2.39. The number of azide groups is 1. The van der Waals surface area contributed by atoms with Gasteiger partial charge in [-0.3, -0.25) is 4.79 Å². The molecule has 1 rings (SSSR count). The number of benzene rings is 1. The summed E-state index contributed by atoms with van der Waals surface area (Å²) in [6.07, 6.45) is -1.92. The molecule has 0 unspecified atom stereocenters. The van der Waals surface area contributed by atoms with Crippen molar-refractivity contribution < 1.29 is 18.0 Å². The monoisotopic (exact) mass is 255 g/mol.